The second-order valence-corrected chi connectivity index (χ2v) is 3.46. The summed E-state index contributed by atoms with van der Waals surface area (Å²) in [4.78, 5) is 14.5. The van der Waals surface area contributed by atoms with Gasteiger partial charge in [0.05, 0.1) is 18.7 Å². The van der Waals surface area contributed by atoms with Crippen molar-refractivity contribution in [2.24, 2.45) is 0 Å². The Labute approximate surface area is 98.1 Å². The number of nitrogens with zero attached hydrogens (tertiary/aromatic N) is 1. The number of nitrogens with one attached hydrogen (secondary N) is 1. The maximum Gasteiger partial charge on any atom is 0.340 e. The number of carbonyl (C=O) groups is 1. The van der Waals surface area contributed by atoms with Gasteiger partial charge in [0.2, 0.25) is 0 Å². The summed E-state index contributed by atoms with van der Waals surface area (Å²) in [5.41, 5.74) is 2.22. The lowest BCUT2D eigenvalue weighted by Gasteiger charge is -1.98. The number of nitriles is 1. The highest BCUT2D eigenvalue weighted by Gasteiger charge is 2.11. The molecule has 0 fully saturated rings. The zero-order chi connectivity index (χ0) is 12.3. The summed E-state index contributed by atoms with van der Waals surface area (Å²) in [5.74, 6) is -0.377. The molecule has 2 aromatic rings. The van der Waals surface area contributed by atoms with Gasteiger partial charge in [0.1, 0.15) is 0 Å². The number of methoxy groups -OCH3 is 1. The molecule has 0 spiro atoms. The molecule has 0 radical (unpaired) electrons. The number of hydrogen-bond donors (Lipinski definition) is 1. The van der Waals surface area contributed by atoms with Crippen molar-refractivity contribution in [3.05, 3.63) is 41.6 Å². The largest absolute Gasteiger partial charge is 0.465 e. The van der Waals surface area contributed by atoms with E-state index in [2.05, 4.69) is 4.98 Å². The van der Waals surface area contributed by atoms with Gasteiger partial charge in [-0.3, -0.25) is 0 Å². The van der Waals surface area contributed by atoms with Gasteiger partial charge < -0.3 is 9.72 Å². The van der Waals surface area contributed by atoms with E-state index in [1.807, 2.05) is 24.3 Å². The van der Waals surface area contributed by atoms with Crippen LogP contribution in [-0.4, -0.2) is 18.1 Å². The minimum atomic E-state index is -0.377. The van der Waals surface area contributed by atoms with Gasteiger partial charge in [0.25, 0.3) is 0 Å². The molecule has 0 aliphatic heterocycles. The molecule has 0 atom stereocenters. The van der Waals surface area contributed by atoms with Crippen molar-refractivity contribution >= 4 is 22.9 Å². The average Bonchev–Trinajstić information content (AvgIpc) is 2.78. The standard InChI is InChI=1S/C13H10N2O2/c1-17-13(16)11-8-15-12-5-4-9(3-2-6-14)7-10(11)12/h2-5,7-8,15H,1H3. The van der Waals surface area contributed by atoms with Gasteiger partial charge in [-0.2, -0.15) is 5.26 Å². The Morgan fingerprint density at radius 1 is 1.53 bits per heavy atom. The van der Waals surface area contributed by atoms with Gasteiger partial charge >= 0.3 is 5.97 Å². The normalized spacial score (nSPS) is 10.6. The molecule has 0 unspecified atom stereocenters. The van der Waals surface area contributed by atoms with E-state index in [1.165, 1.54) is 13.2 Å². The second kappa shape index (κ2) is 4.54. The quantitative estimate of drug-likeness (QED) is 0.632. The van der Waals surface area contributed by atoms with Crippen molar-refractivity contribution in [2.45, 2.75) is 0 Å². The number of ether oxygens (including phenoxy) is 1. The molecular weight excluding hydrogens is 216 g/mol. The molecule has 1 heterocycles. The van der Waals surface area contributed by atoms with E-state index >= 15 is 0 Å². The Kier molecular flexibility index (Phi) is 2.93. The zero-order valence-corrected chi connectivity index (χ0v) is 9.23. The Bertz CT molecular complexity index is 632. The van der Waals surface area contributed by atoms with Gasteiger partial charge in [-0.05, 0) is 23.8 Å². The predicted molar refractivity (Wildman–Crippen MR) is 64.3 cm³/mol. The predicted octanol–water partition coefficient (Wildman–Crippen LogP) is 2.49. The van der Waals surface area contributed by atoms with Crippen LogP contribution in [0.5, 0.6) is 0 Å². The Hall–Kier alpha value is -2.54. The van der Waals surface area contributed by atoms with E-state index in [-0.39, 0.29) is 5.97 Å². The lowest BCUT2D eigenvalue weighted by atomic mass is 10.1. The molecule has 2 rings (SSSR count). The molecule has 1 N–H and O–H groups in total. The van der Waals surface area contributed by atoms with Gasteiger partial charge in [0, 0.05) is 23.2 Å². The highest BCUT2D eigenvalue weighted by atomic mass is 16.5. The topological polar surface area (TPSA) is 65.9 Å². The summed E-state index contributed by atoms with van der Waals surface area (Å²) >= 11 is 0. The summed E-state index contributed by atoms with van der Waals surface area (Å²) in [6, 6.07) is 7.49. The first-order chi connectivity index (χ1) is 8.26. The van der Waals surface area contributed by atoms with Crippen LogP contribution in [0.2, 0.25) is 0 Å². The van der Waals surface area contributed by atoms with Crippen molar-refractivity contribution in [1.82, 2.24) is 4.98 Å². The molecule has 0 saturated carbocycles. The van der Waals surface area contributed by atoms with Crippen LogP contribution in [0, 0.1) is 11.3 Å². The number of carbonyl (C=O) groups excluding carboxylic acids is 1. The molecule has 0 aliphatic carbocycles. The molecule has 1 aromatic carbocycles. The van der Waals surface area contributed by atoms with Crippen LogP contribution in [0.4, 0.5) is 0 Å². The third-order valence-corrected chi connectivity index (χ3v) is 2.46. The minimum absolute atomic E-state index is 0.377. The Morgan fingerprint density at radius 2 is 2.35 bits per heavy atom. The van der Waals surface area contributed by atoms with Crippen molar-refractivity contribution in [3.63, 3.8) is 0 Å². The first kappa shape index (κ1) is 11.0. The second-order valence-electron chi connectivity index (χ2n) is 3.46. The summed E-state index contributed by atoms with van der Waals surface area (Å²) in [6.07, 6.45) is 4.70. The molecule has 0 bridgehead atoms. The van der Waals surface area contributed by atoms with E-state index in [4.69, 9.17) is 10.00 Å². The van der Waals surface area contributed by atoms with E-state index in [9.17, 15) is 4.79 Å². The fraction of sp³-hybridized carbons (Fsp3) is 0.0769. The zero-order valence-electron chi connectivity index (χ0n) is 9.23. The molecule has 4 nitrogen and oxygen atoms in total. The Balaban J connectivity index is 2.55. The van der Waals surface area contributed by atoms with Crippen LogP contribution in [0.15, 0.2) is 30.5 Å². The van der Waals surface area contributed by atoms with E-state index in [0.29, 0.717) is 5.56 Å². The molecule has 4 heteroatoms. The molecule has 84 valence electrons. The third kappa shape index (κ3) is 2.04. The number of H-pyrrole nitrogens is 1. The SMILES string of the molecule is COC(=O)c1c[nH]c2ccc(C=CC#N)cc12. The minimum Gasteiger partial charge on any atom is -0.465 e. The van der Waals surface area contributed by atoms with Crippen LogP contribution in [0.3, 0.4) is 0 Å². The van der Waals surface area contributed by atoms with Crippen LogP contribution < -0.4 is 0 Å². The third-order valence-electron chi connectivity index (χ3n) is 2.46. The van der Waals surface area contributed by atoms with Crippen LogP contribution in [0.25, 0.3) is 17.0 Å². The summed E-state index contributed by atoms with van der Waals surface area (Å²) < 4.78 is 4.69. The number of rotatable bonds is 2. The monoisotopic (exact) mass is 226 g/mol. The number of benzene rings is 1. The summed E-state index contributed by atoms with van der Waals surface area (Å²) in [7, 11) is 1.35. The molecule has 0 aliphatic rings. The maximum atomic E-state index is 11.5. The summed E-state index contributed by atoms with van der Waals surface area (Å²) in [5, 5.41) is 9.25. The van der Waals surface area contributed by atoms with Gasteiger partial charge in [-0.1, -0.05) is 6.07 Å². The number of aromatic nitrogens is 1. The number of hydrogen-bond acceptors (Lipinski definition) is 3. The van der Waals surface area contributed by atoms with Crippen molar-refractivity contribution in [2.75, 3.05) is 7.11 Å². The van der Waals surface area contributed by atoms with E-state index < -0.39 is 0 Å². The first-order valence-corrected chi connectivity index (χ1v) is 5.02. The molecule has 0 amide bonds. The average molecular weight is 226 g/mol. The fourth-order valence-corrected chi connectivity index (χ4v) is 1.65. The number of fused-ring (bicyclic) bond motifs is 1. The van der Waals surface area contributed by atoms with Crippen LogP contribution in [0.1, 0.15) is 15.9 Å². The lowest BCUT2D eigenvalue weighted by molar-refractivity contribution is 0.0603. The molecule has 17 heavy (non-hydrogen) atoms. The number of esters is 1. The van der Waals surface area contributed by atoms with Crippen molar-refractivity contribution in [1.29, 1.82) is 5.26 Å². The molecule has 0 saturated heterocycles. The van der Waals surface area contributed by atoms with E-state index in [0.717, 1.165) is 16.5 Å². The van der Waals surface area contributed by atoms with Crippen molar-refractivity contribution < 1.29 is 9.53 Å². The fourth-order valence-electron chi connectivity index (χ4n) is 1.65. The van der Waals surface area contributed by atoms with Crippen LogP contribution in [-0.2, 0) is 4.74 Å². The highest BCUT2D eigenvalue weighted by molar-refractivity contribution is 6.04. The van der Waals surface area contributed by atoms with Crippen molar-refractivity contribution in [3.8, 4) is 6.07 Å². The Morgan fingerprint density at radius 3 is 3.06 bits per heavy atom. The number of allylic oxidation sites excluding steroid dienone is 1. The number of aromatic amines is 1. The van der Waals surface area contributed by atoms with Gasteiger partial charge in [-0.25, -0.2) is 4.79 Å². The van der Waals surface area contributed by atoms with Gasteiger partial charge in [-0.15, -0.1) is 0 Å². The highest BCUT2D eigenvalue weighted by Crippen LogP contribution is 2.21. The smallest absolute Gasteiger partial charge is 0.340 e. The van der Waals surface area contributed by atoms with Gasteiger partial charge in [0.15, 0.2) is 0 Å². The van der Waals surface area contributed by atoms with E-state index in [1.54, 1.807) is 12.3 Å². The van der Waals surface area contributed by atoms with Crippen LogP contribution >= 0.6 is 0 Å². The molecular formula is C13H10N2O2. The summed E-state index contributed by atoms with van der Waals surface area (Å²) in [6.45, 7) is 0. The first-order valence-electron chi connectivity index (χ1n) is 5.02. The molecule has 1 aromatic heterocycles. The maximum absolute atomic E-state index is 11.5. The lowest BCUT2D eigenvalue weighted by Crippen LogP contribution is -1.99.